The molecule has 5 nitrogen and oxygen atoms in total. The van der Waals surface area contributed by atoms with E-state index in [-0.39, 0.29) is 6.61 Å². The third-order valence-corrected chi connectivity index (χ3v) is 3.93. The summed E-state index contributed by atoms with van der Waals surface area (Å²) >= 11 is 6.04. The van der Waals surface area contributed by atoms with E-state index in [0.717, 1.165) is 5.56 Å². The molecule has 3 rings (SSSR count). The van der Waals surface area contributed by atoms with Crippen LogP contribution < -0.4 is 9.47 Å². The SMILES string of the molecule is COc1cccc(OC)c1-c1noc(-c2cccc(Cl)c2)c1CO. The van der Waals surface area contributed by atoms with Crippen molar-refractivity contribution in [2.24, 2.45) is 0 Å². The molecular weight excluding hydrogens is 330 g/mol. The quantitative estimate of drug-likeness (QED) is 0.751. The molecule has 0 fully saturated rings. The van der Waals surface area contributed by atoms with E-state index in [2.05, 4.69) is 5.16 Å². The molecule has 24 heavy (non-hydrogen) atoms. The number of benzene rings is 2. The molecule has 0 amide bonds. The Labute approximate surface area is 144 Å². The molecule has 6 heteroatoms. The Morgan fingerprint density at radius 2 is 1.75 bits per heavy atom. The maximum absolute atomic E-state index is 9.89. The standard InChI is InChI=1S/C18H16ClNO4/c1-22-14-7-4-8-15(23-2)16(14)17-13(10-21)18(24-20-17)11-5-3-6-12(19)9-11/h3-9,21H,10H2,1-2H3. The first-order valence-corrected chi connectivity index (χ1v) is 7.64. The molecule has 0 saturated carbocycles. The van der Waals surface area contributed by atoms with Gasteiger partial charge in [-0.05, 0) is 24.3 Å². The highest BCUT2D eigenvalue weighted by atomic mass is 35.5. The summed E-state index contributed by atoms with van der Waals surface area (Å²) in [6.45, 7) is -0.248. The van der Waals surface area contributed by atoms with Crippen LogP contribution in [0.5, 0.6) is 11.5 Å². The predicted octanol–water partition coefficient (Wildman–Crippen LogP) is 4.17. The van der Waals surface area contributed by atoms with E-state index in [1.807, 2.05) is 18.2 Å². The van der Waals surface area contributed by atoms with Crippen LogP contribution in [0.3, 0.4) is 0 Å². The molecule has 0 atom stereocenters. The Morgan fingerprint density at radius 1 is 1.08 bits per heavy atom. The van der Waals surface area contributed by atoms with Crippen LogP contribution in [0.2, 0.25) is 5.02 Å². The normalized spacial score (nSPS) is 10.7. The van der Waals surface area contributed by atoms with Gasteiger partial charge in [-0.3, -0.25) is 0 Å². The molecule has 0 radical (unpaired) electrons. The van der Waals surface area contributed by atoms with Crippen LogP contribution in [0, 0.1) is 0 Å². The zero-order chi connectivity index (χ0) is 17.1. The van der Waals surface area contributed by atoms with Gasteiger partial charge in [-0.25, -0.2) is 0 Å². The molecule has 3 aromatic rings. The summed E-state index contributed by atoms with van der Waals surface area (Å²) in [5, 5.41) is 14.6. The lowest BCUT2D eigenvalue weighted by molar-refractivity contribution is 0.281. The largest absolute Gasteiger partial charge is 0.496 e. The van der Waals surface area contributed by atoms with Crippen molar-refractivity contribution in [2.75, 3.05) is 14.2 Å². The minimum absolute atomic E-state index is 0.248. The number of methoxy groups -OCH3 is 2. The summed E-state index contributed by atoms with van der Waals surface area (Å²) in [6.07, 6.45) is 0. The lowest BCUT2D eigenvalue weighted by atomic mass is 10.0. The van der Waals surface area contributed by atoms with Crippen LogP contribution in [0.25, 0.3) is 22.6 Å². The zero-order valence-electron chi connectivity index (χ0n) is 13.2. The van der Waals surface area contributed by atoms with Crippen LogP contribution in [-0.4, -0.2) is 24.5 Å². The molecule has 0 unspecified atom stereocenters. The molecule has 0 spiro atoms. The first-order chi connectivity index (χ1) is 11.7. The molecule has 1 N–H and O–H groups in total. The predicted molar refractivity (Wildman–Crippen MR) is 91.4 cm³/mol. The number of halogens is 1. The Bertz CT molecular complexity index is 838. The van der Waals surface area contributed by atoms with Gasteiger partial charge in [0.1, 0.15) is 17.2 Å². The molecular formula is C18H16ClNO4. The van der Waals surface area contributed by atoms with Crippen molar-refractivity contribution in [1.82, 2.24) is 5.16 Å². The number of aromatic nitrogens is 1. The second kappa shape index (κ2) is 6.95. The van der Waals surface area contributed by atoms with E-state index < -0.39 is 0 Å². The molecule has 0 saturated heterocycles. The first-order valence-electron chi connectivity index (χ1n) is 7.26. The summed E-state index contributed by atoms with van der Waals surface area (Å²) in [5.41, 5.74) is 2.38. The Morgan fingerprint density at radius 3 is 2.33 bits per heavy atom. The molecule has 1 aromatic heterocycles. The molecule has 2 aromatic carbocycles. The Balaban J connectivity index is 2.21. The maximum atomic E-state index is 9.89. The van der Waals surface area contributed by atoms with Gasteiger partial charge in [-0.15, -0.1) is 0 Å². The van der Waals surface area contributed by atoms with Crippen molar-refractivity contribution in [3.8, 4) is 34.1 Å². The van der Waals surface area contributed by atoms with Gasteiger partial charge in [-0.2, -0.15) is 0 Å². The summed E-state index contributed by atoms with van der Waals surface area (Å²) in [7, 11) is 3.13. The van der Waals surface area contributed by atoms with Crippen LogP contribution in [0.15, 0.2) is 47.0 Å². The average Bonchev–Trinajstić information content (AvgIpc) is 3.04. The van der Waals surface area contributed by atoms with Crippen LogP contribution in [0.1, 0.15) is 5.56 Å². The number of ether oxygens (including phenoxy) is 2. The maximum Gasteiger partial charge on any atom is 0.173 e. The van der Waals surface area contributed by atoms with Crippen molar-refractivity contribution in [2.45, 2.75) is 6.61 Å². The second-order valence-corrected chi connectivity index (χ2v) is 5.48. The highest BCUT2D eigenvalue weighted by Crippen LogP contribution is 2.42. The minimum atomic E-state index is -0.248. The summed E-state index contributed by atoms with van der Waals surface area (Å²) in [6, 6.07) is 12.6. The molecule has 1 heterocycles. The zero-order valence-corrected chi connectivity index (χ0v) is 14.0. The number of hydrogen-bond acceptors (Lipinski definition) is 5. The van der Waals surface area contributed by atoms with Crippen LogP contribution >= 0.6 is 11.6 Å². The van der Waals surface area contributed by atoms with Gasteiger partial charge in [0, 0.05) is 10.6 Å². The smallest absolute Gasteiger partial charge is 0.173 e. The Hall–Kier alpha value is -2.50. The van der Waals surface area contributed by atoms with Gasteiger partial charge in [0.25, 0.3) is 0 Å². The van der Waals surface area contributed by atoms with E-state index in [1.165, 1.54) is 0 Å². The molecule has 0 bridgehead atoms. The van der Waals surface area contributed by atoms with Gasteiger partial charge in [0.15, 0.2) is 5.76 Å². The van der Waals surface area contributed by atoms with E-state index >= 15 is 0 Å². The van der Waals surface area contributed by atoms with Crippen LogP contribution in [0.4, 0.5) is 0 Å². The topological polar surface area (TPSA) is 64.7 Å². The van der Waals surface area contributed by atoms with Crippen molar-refractivity contribution >= 4 is 11.6 Å². The monoisotopic (exact) mass is 345 g/mol. The van der Waals surface area contributed by atoms with Gasteiger partial charge in [0.05, 0.1) is 32.0 Å². The van der Waals surface area contributed by atoms with Crippen LogP contribution in [-0.2, 0) is 6.61 Å². The highest BCUT2D eigenvalue weighted by Gasteiger charge is 2.24. The Kier molecular flexibility index (Phi) is 4.74. The molecule has 124 valence electrons. The van der Waals surface area contributed by atoms with Gasteiger partial charge in [-0.1, -0.05) is 35.0 Å². The lowest BCUT2D eigenvalue weighted by Crippen LogP contribution is -1.96. The number of nitrogens with zero attached hydrogens (tertiary/aromatic N) is 1. The summed E-state index contributed by atoms with van der Waals surface area (Å²) in [5.74, 6) is 1.62. The average molecular weight is 346 g/mol. The van der Waals surface area contributed by atoms with Crippen molar-refractivity contribution in [3.63, 3.8) is 0 Å². The van der Waals surface area contributed by atoms with Gasteiger partial charge in [0.2, 0.25) is 0 Å². The van der Waals surface area contributed by atoms with E-state index in [0.29, 0.717) is 39.1 Å². The molecule has 0 aliphatic carbocycles. The highest BCUT2D eigenvalue weighted by molar-refractivity contribution is 6.30. The minimum Gasteiger partial charge on any atom is -0.496 e. The van der Waals surface area contributed by atoms with Gasteiger partial charge >= 0.3 is 0 Å². The molecule has 0 aliphatic rings. The number of hydrogen-bond donors (Lipinski definition) is 1. The third-order valence-electron chi connectivity index (χ3n) is 3.70. The van der Waals surface area contributed by atoms with Crippen molar-refractivity contribution in [1.29, 1.82) is 0 Å². The fourth-order valence-corrected chi connectivity index (χ4v) is 2.78. The number of aliphatic hydroxyl groups excluding tert-OH is 1. The molecule has 0 aliphatic heterocycles. The van der Waals surface area contributed by atoms with E-state index in [9.17, 15) is 5.11 Å². The first kappa shape index (κ1) is 16.4. The number of aliphatic hydroxyl groups is 1. The number of rotatable bonds is 5. The van der Waals surface area contributed by atoms with E-state index in [4.69, 9.17) is 25.6 Å². The summed E-state index contributed by atoms with van der Waals surface area (Å²) < 4.78 is 16.3. The van der Waals surface area contributed by atoms with E-state index in [1.54, 1.807) is 38.5 Å². The second-order valence-electron chi connectivity index (χ2n) is 5.04. The lowest BCUT2D eigenvalue weighted by Gasteiger charge is -2.11. The third kappa shape index (κ3) is 2.84. The fraction of sp³-hybridized carbons (Fsp3) is 0.167. The van der Waals surface area contributed by atoms with Gasteiger partial charge < -0.3 is 19.1 Å². The van der Waals surface area contributed by atoms with Crippen molar-refractivity contribution in [3.05, 3.63) is 53.1 Å². The van der Waals surface area contributed by atoms with Crippen molar-refractivity contribution < 1.29 is 19.1 Å². The summed E-state index contributed by atoms with van der Waals surface area (Å²) in [4.78, 5) is 0. The fourth-order valence-electron chi connectivity index (χ4n) is 2.59.